The van der Waals surface area contributed by atoms with Crippen molar-refractivity contribution in [1.29, 1.82) is 0 Å². The van der Waals surface area contributed by atoms with Crippen LogP contribution in [0.4, 0.5) is 0 Å². The van der Waals surface area contributed by atoms with Crippen LogP contribution in [-0.4, -0.2) is 16.2 Å². The van der Waals surface area contributed by atoms with Gasteiger partial charge in [0.2, 0.25) is 0 Å². The second kappa shape index (κ2) is 5.67. The first-order chi connectivity index (χ1) is 8.18. The Balaban J connectivity index is 1.96. The van der Waals surface area contributed by atoms with Crippen molar-refractivity contribution in [1.82, 2.24) is 15.5 Å². The van der Waals surface area contributed by atoms with Gasteiger partial charge in [-0.2, -0.15) is 5.10 Å². The number of aromatic amines is 1. The first kappa shape index (κ1) is 12.6. The molecule has 0 radical (unpaired) electrons. The molecule has 3 nitrogen and oxygen atoms in total. The summed E-state index contributed by atoms with van der Waals surface area (Å²) in [7, 11) is 0. The highest BCUT2D eigenvalue weighted by atomic mass is 15.1. The molecule has 2 rings (SSSR count). The maximum absolute atomic E-state index is 4.03. The first-order valence-electron chi connectivity index (χ1n) is 6.94. The molecule has 2 N–H and O–H groups in total. The molecule has 1 saturated carbocycles. The molecule has 1 aromatic rings. The number of H-pyrrole nitrogens is 1. The lowest BCUT2D eigenvalue weighted by molar-refractivity contribution is 0.194. The highest BCUT2D eigenvalue weighted by Gasteiger charge is 2.28. The van der Waals surface area contributed by atoms with Crippen LogP contribution >= 0.6 is 0 Å². The fourth-order valence-electron chi connectivity index (χ4n) is 3.08. The molecular formula is C14H25N3. The predicted molar refractivity (Wildman–Crippen MR) is 70.7 cm³/mol. The van der Waals surface area contributed by atoms with Crippen molar-refractivity contribution >= 4 is 0 Å². The SMILES string of the molecule is CC(NC1CCCCC1C(C)C)c1ccn[nH]1. The van der Waals surface area contributed by atoms with Crippen molar-refractivity contribution in [3.05, 3.63) is 18.0 Å². The Bertz CT molecular complexity index is 318. The molecule has 1 aliphatic rings. The molecule has 17 heavy (non-hydrogen) atoms. The van der Waals surface area contributed by atoms with E-state index in [1.54, 1.807) is 0 Å². The van der Waals surface area contributed by atoms with Gasteiger partial charge in [0.05, 0.1) is 5.69 Å². The van der Waals surface area contributed by atoms with Crippen LogP contribution in [0.5, 0.6) is 0 Å². The van der Waals surface area contributed by atoms with Crippen molar-refractivity contribution in [2.24, 2.45) is 11.8 Å². The molecule has 1 aromatic heterocycles. The normalized spacial score (nSPS) is 27.3. The van der Waals surface area contributed by atoms with E-state index in [0.29, 0.717) is 12.1 Å². The van der Waals surface area contributed by atoms with Gasteiger partial charge in [0.15, 0.2) is 0 Å². The van der Waals surface area contributed by atoms with E-state index in [-0.39, 0.29) is 0 Å². The van der Waals surface area contributed by atoms with E-state index in [1.807, 2.05) is 6.20 Å². The van der Waals surface area contributed by atoms with Gasteiger partial charge < -0.3 is 5.32 Å². The van der Waals surface area contributed by atoms with E-state index in [1.165, 1.54) is 31.4 Å². The predicted octanol–water partition coefficient (Wildman–Crippen LogP) is 3.28. The lowest BCUT2D eigenvalue weighted by Gasteiger charge is -2.36. The van der Waals surface area contributed by atoms with Crippen molar-refractivity contribution in [3.63, 3.8) is 0 Å². The molecule has 3 heteroatoms. The molecule has 1 fully saturated rings. The van der Waals surface area contributed by atoms with E-state index in [2.05, 4.69) is 42.4 Å². The van der Waals surface area contributed by atoms with Gasteiger partial charge in [0, 0.05) is 18.3 Å². The fourth-order valence-corrected chi connectivity index (χ4v) is 3.08. The van der Waals surface area contributed by atoms with Gasteiger partial charge in [-0.1, -0.05) is 26.7 Å². The van der Waals surface area contributed by atoms with E-state index in [9.17, 15) is 0 Å². The Morgan fingerprint density at radius 2 is 2.06 bits per heavy atom. The zero-order valence-corrected chi connectivity index (χ0v) is 11.2. The summed E-state index contributed by atoms with van der Waals surface area (Å²) < 4.78 is 0. The third-order valence-electron chi connectivity index (χ3n) is 4.13. The number of aromatic nitrogens is 2. The van der Waals surface area contributed by atoms with Gasteiger partial charge >= 0.3 is 0 Å². The van der Waals surface area contributed by atoms with Crippen molar-refractivity contribution < 1.29 is 0 Å². The van der Waals surface area contributed by atoms with Gasteiger partial charge in [0.1, 0.15) is 0 Å². The second-order valence-corrected chi connectivity index (χ2v) is 5.70. The lowest BCUT2D eigenvalue weighted by atomic mass is 9.77. The van der Waals surface area contributed by atoms with Gasteiger partial charge in [-0.3, -0.25) is 5.10 Å². The third kappa shape index (κ3) is 3.09. The summed E-state index contributed by atoms with van der Waals surface area (Å²) in [5, 5.41) is 10.9. The molecule has 0 spiro atoms. The Labute approximate surface area is 104 Å². The number of nitrogens with zero attached hydrogens (tertiary/aromatic N) is 1. The highest BCUT2D eigenvalue weighted by molar-refractivity contribution is 5.04. The Hall–Kier alpha value is -0.830. The van der Waals surface area contributed by atoms with Gasteiger partial charge in [-0.15, -0.1) is 0 Å². The van der Waals surface area contributed by atoms with Crippen LogP contribution in [0.15, 0.2) is 12.3 Å². The van der Waals surface area contributed by atoms with Crippen molar-refractivity contribution in [3.8, 4) is 0 Å². The summed E-state index contributed by atoms with van der Waals surface area (Å²) in [6.45, 7) is 6.93. The molecule has 0 bridgehead atoms. The minimum Gasteiger partial charge on any atom is -0.306 e. The number of hydrogen-bond acceptors (Lipinski definition) is 2. The molecule has 0 amide bonds. The van der Waals surface area contributed by atoms with Gasteiger partial charge in [-0.25, -0.2) is 0 Å². The minimum atomic E-state index is 0.377. The van der Waals surface area contributed by atoms with E-state index in [0.717, 1.165) is 11.8 Å². The summed E-state index contributed by atoms with van der Waals surface area (Å²) in [6, 6.07) is 3.11. The topological polar surface area (TPSA) is 40.7 Å². The summed E-state index contributed by atoms with van der Waals surface area (Å²) in [4.78, 5) is 0. The summed E-state index contributed by atoms with van der Waals surface area (Å²) in [5.74, 6) is 1.61. The average Bonchev–Trinajstić information content (AvgIpc) is 2.83. The van der Waals surface area contributed by atoms with Crippen LogP contribution in [0.1, 0.15) is 58.2 Å². The molecular weight excluding hydrogens is 210 g/mol. The second-order valence-electron chi connectivity index (χ2n) is 5.70. The zero-order valence-electron chi connectivity index (χ0n) is 11.2. The smallest absolute Gasteiger partial charge is 0.0518 e. The Morgan fingerprint density at radius 1 is 1.29 bits per heavy atom. The number of nitrogens with one attached hydrogen (secondary N) is 2. The number of hydrogen-bond donors (Lipinski definition) is 2. The monoisotopic (exact) mass is 235 g/mol. The van der Waals surface area contributed by atoms with Crippen LogP contribution in [0, 0.1) is 11.8 Å². The number of rotatable bonds is 4. The molecule has 0 aromatic carbocycles. The van der Waals surface area contributed by atoms with Crippen LogP contribution < -0.4 is 5.32 Å². The van der Waals surface area contributed by atoms with Crippen molar-refractivity contribution in [2.75, 3.05) is 0 Å². The summed E-state index contributed by atoms with van der Waals surface area (Å²) in [5.41, 5.74) is 1.19. The Morgan fingerprint density at radius 3 is 2.71 bits per heavy atom. The average molecular weight is 235 g/mol. The van der Waals surface area contributed by atoms with Crippen LogP contribution in [0.3, 0.4) is 0 Å². The van der Waals surface area contributed by atoms with Crippen LogP contribution in [-0.2, 0) is 0 Å². The van der Waals surface area contributed by atoms with E-state index >= 15 is 0 Å². The molecule has 0 saturated heterocycles. The van der Waals surface area contributed by atoms with Crippen LogP contribution in [0.2, 0.25) is 0 Å². The zero-order chi connectivity index (χ0) is 12.3. The maximum atomic E-state index is 4.03. The molecule has 96 valence electrons. The van der Waals surface area contributed by atoms with Gasteiger partial charge in [0.25, 0.3) is 0 Å². The fraction of sp³-hybridized carbons (Fsp3) is 0.786. The van der Waals surface area contributed by atoms with E-state index < -0.39 is 0 Å². The maximum Gasteiger partial charge on any atom is 0.0518 e. The van der Waals surface area contributed by atoms with Gasteiger partial charge in [-0.05, 0) is 37.7 Å². The molecule has 1 heterocycles. The first-order valence-corrected chi connectivity index (χ1v) is 6.94. The summed E-state index contributed by atoms with van der Waals surface area (Å²) in [6.07, 6.45) is 7.30. The standard InChI is InChI=1S/C14H25N3/c1-10(2)12-6-4-5-7-14(12)16-11(3)13-8-9-15-17-13/h8-12,14,16H,4-7H2,1-3H3,(H,15,17). The Kier molecular flexibility index (Phi) is 4.21. The summed E-state index contributed by atoms with van der Waals surface area (Å²) >= 11 is 0. The van der Waals surface area contributed by atoms with Crippen LogP contribution in [0.25, 0.3) is 0 Å². The minimum absolute atomic E-state index is 0.377. The quantitative estimate of drug-likeness (QED) is 0.841. The lowest BCUT2D eigenvalue weighted by Crippen LogP contribution is -2.42. The molecule has 0 aliphatic heterocycles. The third-order valence-corrected chi connectivity index (χ3v) is 4.13. The van der Waals surface area contributed by atoms with E-state index in [4.69, 9.17) is 0 Å². The highest BCUT2D eigenvalue weighted by Crippen LogP contribution is 2.31. The largest absolute Gasteiger partial charge is 0.306 e. The van der Waals surface area contributed by atoms with Crippen molar-refractivity contribution in [2.45, 2.75) is 58.5 Å². The molecule has 1 aliphatic carbocycles. The molecule has 3 atom stereocenters. The molecule has 3 unspecified atom stereocenters.